The number of thioether (sulfide) groups is 1. The minimum Gasteiger partial charge on any atom is -0.545 e. The molecule has 29 heavy (non-hydrogen) atoms. The highest BCUT2D eigenvalue weighted by atomic mass is 79.9. The van der Waals surface area contributed by atoms with Crippen molar-refractivity contribution >= 4 is 50.9 Å². The van der Waals surface area contributed by atoms with Gasteiger partial charge in [0.15, 0.2) is 0 Å². The molecule has 1 saturated heterocycles. The standard InChI is InChI=1S/C21H14BrNO5S/c1-2-9-23-19(24)18(29-21(23)27)11-14-5-8-17(16(22)10-14)28-12-13-3-6-15(7-4-13)20(25)26/h1,3-8,10-11H,9,12H2,(H,25,26)/p-1/b18-11+. The second-order valence-electron chi connectivity index (χ2n) is 5.93. The van der Waals surface area contributed by atoms with Gasteiger partial charge >= 0.3 is 0 Å². The lowest BCUT2D eigenvalue weighted by Crippen LogP contribution is -2.28. The second kappa shape index (κ2) is 8.99. The zero-order valence-electron chi connectivity index (χ0n) is 14.9. The Hall–Kier alpha value is -3.02. The molecule has 2 aromatic carbocycles. The number of ether oxygens (including phenoxy) is 1. The van der Waals surface area contributed by atoms with Gasteiger partial charge < -0.3 is 14.6 Å². The fourth-order valence-corrected chi connectivity index (χ4v) is 3.85. The summed E-state index contributed by atoms with van der Waals surface area (Å²) in [6.45, 7) is 0.193. The van der Waals surface area contributed by atoms with E-state index in [1.165, 1.54) is 12.1 Å². The lowest BCUT2D eigenvalue weighted by molar-refractivity contribution is -0.255. The third-order valence-corrected chi connectivity index (χ3v) is 5.49. The van der Waals surface area contributed by atoms with Gasteiger partial charge in [-0.25, -0.2) is 0 Å². The van der Waals surface area contributed by atoms with Gasteiger partial charge in [0.25, 0.3) is 11.1 Å². The Labute approximate surface area is 179 Å². The highest BCUT2D eigenvalue weighted by Gasteiger charge is 2.34. The summed E-state index contributed by atoms with van der Waals surface area (Å²) in [7, 11) is 0. The molecule has 8 heteroatoms. The summed E-state index contributed by atoms with van der Waals surface area (Å²) in [4.78, 5) is 36.2. The molecule has 0 aliphatic carbocycles. The van der Waals surface area contributed by atoms with E-state index in [2.05, 4.69) is 21.9 Å². The number of nitrogens with zero attached hydrogens (tertiary/aromatic N) is 1. The monoisotopic (exact) mass is 470 g/mol. The zero-order valence-corrected chi connectivity index (χ0v) is 17.3. The summed E-state index contributed by atoms with van der Waals surface area (Å²) in [6, 6.07) is 11.5. The fourth-order valence-electron chi connectivity index (χ4n) is 2.50. The number of hydrogen-bond acceptors (Lipinski definition) is 6. The van der Waals surface area contributed by atoms with E-state index in [0.29, 0.717) is 20.7 Å². The molecular formula is C21H13BrNO5S-. The number of amides is 2. The summed E-state index contributed by atoms with van der Waals surface area (Å²) in [5, 5.41) is 10.4. The van der Waals surface area contributed by atoms with Crippen LogP contribution in [0.25, 0.3) is 6.08 Å². The smallest absolute Gasteiger partial charge is 0.294 e. The first-order valence-electron chi connectivity index (χ1n) is 8.30. The van der Waals surface area contributed by atoms with E-state index < -0.39 is 11.9 Å². The Kier molecular flexibility index (Phi) is 6.42. The highest BCUT2D eigenvalue weighted by Crippen LogP contribution is 2.33. The van der Waals surface area contributed by atoms with Crippen molar-refractivity contribution in [3.63, 3.8) is 0 Å². The van der Waals surface area contributed by atoms with Crippen LogP contribution in [0, 0.1) is 12.3 Å². The van der Waals surface area contributed by atoms with E-state index in [4.69, 9.17) is 11.2 Å². The molecule has 1 fully saturated rings. The number of halogens is 1. The predicted molar refractivity (Wildman–Crippen MR) is 111 cm³/mol. The molecule has 0 saturated carbocycles. The van der Waals surface area contributed by atoms with E-state index >= 15 is 0 Å². The second-order valence-corrected chi connectivity index (χ2v) is 7.78. The fraction of sp³-hybridized carbons (Fsp3) is 0.0952. The van der Waals surface area contributed by atoms with E-state index in [-0.39, 0.29) is 24.0 Å². The molecule has 146 valence electrons. The number of carboxylic acids is 1. The van der Waals surface area contributed by atoms with Crippen LogP contribution in [0.5, 0.6) is 5.75 Å². The molecule has 1 aliphatic rings. The number of carbonyl (C=O) groups is 3. The van der Waals surface area contributed by atoms with Crippen LogP contribution >= 0.6 is 27.7 Å². The van der Waals surface area contributed by atoms with Gasteiger partial charge in [0.2, 0.25) is 0 Å². The Morgan fingerprint density at radius 3 is 2.59 bits per heavy atom. The summed E-state index contributed by atoms with van der Waals surface area (Å²) >= 11 is 4.28. The van der Waals surface area contributed by atoms with Crippen LogP contribution in [0.3, 0.4) is 0 Å². The first kappa shape index (κ1) is 20.7. The van der Waals surface area contributed by atoms with Gasteiger partial charge in [0.1, 0.15) is 12.4 Å². The number of rotatable bonds is 6. The van der Waals surface area contributed by atoms with Crippen molar-refractivity contribution in [2.24, 2.45) is 0 Å². The minimum absolute atomic E-state index is 0.0531. The van der Waals surface area contributed by atoms with Gasteiger partial charge in [-0.1, -0.05) is 36.3 Å². The van der Waals surface area contributed by atoms with Gasteiger partial charge in [-0.2, -0.15) is 0 Å². The topological polar surface area (TPSA) is 86.7 Å². The molecule has 6 nitrogen and oxygen atoms in total. The van der Waals surface area contributed by atoms with Crippen LogP contribution < -0.4 is 9.84 Å². The number of terminal acetylenes is 1. The number of hydrogen-bond donors (Lipinski definition) is 0. The average Bonchev–Trinajstić information content (AvgIpc) is 2.95. The van der Waals surface area contributed by atoms with Gasteiger partial charge in [0.05, 0.1) is 21.9 Å². The van der Waals surface area contributed by atoms with E-state index in [9.17, 15) is 19.5 Å². The molecule has 0 spiro atoms. The third-order valence-electron chi connectivity index (χ3n) is 3.96. The molecule has 1 heterocycles. The van der Waals surface area contributed by atoms with Gasteiger partial charge in [-0.05, 0) is 62.6 Å². The number of aromatic carboxylic acids is 1. The summed E-state index contributed by atoms with van der Waals surface area (Å²) in [6.07, 6.45) is 6.80. The van der Waals surface area contributed by atoms with Crippen molar-refractivity contribution in [2.45, 2.75) is 6.61 Å². The Morgan fingerprint density at radius 2 is 1.97 bits per heavy atom. The van der Waals surface area contributed by atoms with Gasteiger partial charge in [-0.3, -0.25) is 14.5 Å². The van der Waals surface area contributed by atoms with Crippen molar-refractivity contribution in [3.8, 4) is 18.1 Å². The molecule has 0 atom stereocenters. The predicted octanol–water partition coefficient (Wildman–Crippen LogP) is 3.06. The van der Waals surface area contributed by atoms with Crippen LogP contribution in [0.4, 0.5) is 4.79 Å². The molecule has 0 N–H and O–H groups in total. The quantitative estimate of drug-likeness (QED) is 0.476. The molecule has 0 unspecified atom stereocenters. The molecule has 1 aliphatic heterocycles. The lowest BCUT2D eigenvalue weighted by atomic mass is 10.1. The van der Waals surface area contributed by atoms with Crippen LogP contribution in [0.15, 0.2) is 51.8 Å². The van der Waals surface area contributed by atoms with Crippen molar-refractivity contribution in [1.29, 1.82) is 0 Å². The van der Waals surface area contributed by atoms with Gasteiger partial charge in [-0.15, -0.1) is 6.42 Å². The van der Waals surface area contributed by atoms with Crippen LogP contribution in [0.2, 0.25) is 0 Å². The Bertz CT molecular complexity index is 1060. The first-order valence-corrected chi connectivity index (χ1v) is 9.91. The van der Waals surface area contributed by atoms with Crippen molar-refractivity contribution in [3.05, 3.63) is 68.5 Å². The number of benzene rings is 2. The molecular weight excluding hydrogens is 458 g/mol. The summed E-state index contributed by atoms with van der Waals surface area (Å²) < 4.78 is 6.42. The zero-order chi connectivity index (χ0) is 21.0. The highest BCUT2D eigenvalue weighted by molar-refractivity contribution is 9.10. The molecule has 3 rings (SSSR count). The van der Waals surface area contributed by atoms with Crippen LogP contribution in [-0.2, 0) is 11.4 Å². The number of imide groups is 1. The molecule has 0 radical (unpaired) electrons. The molecule has 0 bridgehead atoms. The van der Waals surface area contributed by atoms with Crippen molar-refractivity contribution < 1.29 is 24.2 Å². The maximum absolute atomic E-state index is 12.2. The normalized spacial score (nSPS) is 14.9. The van der Waals surface area contributed by atoms with Gasteiger partial charge in [0, 0.05) is 0 Å². The Morgan fingerprint density at radius 1 is 1.24 bits per heavy atom. The first-order chi connectivity index (χ1) is 13.9. The Balaban J connectivity index is 1.69. The average molecular weight is 471 g/mol. The van der Waals surface area contributed by atoms with E-state index in [0.717, 1.165) is 22.2 Å². The number of carbonyl (C=O) groups excluding carboxylic acids is 3. The van der Waals surface area contributed by atoms with Crippen molar-refractivity contribution in [1.82, 2.24) is 4.90 Å². The maximum atomic E-state index is 12.2. The lowest BCUT2D eigenvalue weighted by Gasteiger charge is -2.10. The minimum atomic E-state index is -1.23. The largest absolute Gasteiger partial charge is 0.545 e. The SMILES string of the molecule is C#CCN1C(=O)S/C(=C/c2ccc(OCc3ccc(C(=O)[O-])cc3)c(Br)c2)C1=O. The third kappa shape index (κ3) is 4.88. The summed E-state index contributed by atoms with van der Waals surface area (Å²) in [5.74, 6) is 1.23. The van der Waals surface area contributed by atoms with E-state index in [1.807, 2.05) is 0 Å². The molecule has 0 aromatic heterocycles. The van der Waals surface area contributed by atoms with Crippen LogP contribution in [0.1, 0.15) is 21.5 Å². The van der Waals surface area contributed by atoms with Crippen LogP contribution in [-0.4, -0.2) is 28.6 Å². The maximum Gasteiger partial charge on any atom is 0.294 e. The van der Waals surface area contributed by atoms with Crippen molar-refractivity contribution in [2.75, 3.05) is 6.54 Å². The molecule has 2 amide bonds. The summed E-state index contributed by atoms with van der Waals surface area (Å²) in [5.41, 5.74) is 1.62. The number of carboxylic acid groups (broad SMARTS) is 1. The van der Waals surface area contributed by atoms with E-state index in [1.54, 1.807) is 36.4 Å². The molecule has 2 aromatic rings.